The molecule has 0 aliphatic heterocycles. The minimum atomic E-state index is 1.08. The van der Waals surface area contributed by atoms with E-state index in [0.29, 0.717) is 0 Å². The SMILES string of the molecule is C=C(C)/C=c1/cc[nH]/c1=C/C. The van der Waals surface area contributed by atoms with Crippen LogP contribution in [0.15, 0.2) is 24.4 Å². The Morgan fingerprint density at radius 1 is 1.64 bits per heavy atom. The van der Waals surface area contributed by atoms with Crippen molar-refractivity contribution in [2.24, 2.45) is 0 Å². The molecule has 1 heterocycles. The summed E-state index contributed by atoms with van der Waals surface area (Å²) in [6.45, 7) is 7.83. The van der Waals surface area contributed by atoms with Crippen LogP contribution in [0.4, 0.5) is 0 Å². The van der Waals surface area contributed by atoms with E-state index >= 15 is 0 Å². The van der Waals surface area contributed by atoms with Gasteiger partial charge in [-0.05, 0) is 25.1 Å². The molecule has 0 radical (unpaired) electrons. The highest BCUT2D eigenvalue weighted by Crippen LogP contribution is 1.84. The summed E-state index contributed by atoms with van der Waals surface area (Å²) in [4.78, 5) is 3.13. The van der Waals surface area contributed by atoms with Crippen LogP contribution in [0.3, 0.4) is 0 Å². The molecule has 1 aromatic heterocycles. The number of allylic oxidation sites excluding steroid dienone is 1. The molecule has 0 saturated carbocycles. The Hall–Kier alpha value is -1.24. The van der Waals surface area contributed by atoms with Gasteiger partial charge in [0.1, 0.15) is 0 Å². The normalized spacial score (nSPS) is 14.0. The van der Waals surface area contributed by atoms with Crippen LogP contribution in [0.2, 0.25) is 0 Å². The predicted molar refractivity (Wildman–Crippen MR) is 49.5 cm³/mol. The number of H-pyrrole nitrogens is 1. The molecule has 0 amide bonds. The summed E-state index contributed by atoms with van der Waals surface area (Å²) in [6.07, 6.45) is 6.05. The zero-order chi connectivity index (χ0) is 8.27. The Labute approximate surface area is 66.8 Å². The van der Waals surface area contributed by atoms with Gasteiger partial charge in [-0.2, -0.15) is 0 Å². The molecule has 0 bridgehead atoms. The fourth-order valence-corrected chi connectivity index (χ4v) is 1.04. The smallest absolute Gasteiger partial charge is 0.0410 e. The van der Waals surface area contributed by atoms with E-state index in [9.17, 15) is 0 Å². The molecule has 58 valence electrons. The van der Waals surface area contributed by atoms with Crippen molar-refractivity contribution in [2.45, 2.75) is 13.8 Å². The molecule has 1 rings (SSSR count). The number of aromatic amines is 1. The molecule has 0 aromatic carbocycles. The van der Waals surface area contributed by atoms with Gasteiger partial charge in [0.2, 0.25) is 0 Å². The third kappa shape index (κ3) is 1.84. The zero-order valence-electron chi connectivity index (χ0n) is 7.02. The van der Waals surface area contributed by atoms with E-state index in [1.54, 1.807) is 0 Å². The average Bonchev–Trinajstić information content (AvgIpc) is 2.34. The molecule has 1 aromatic rings. The molecular weight excluding hydrogens is 134 g/mol. The summed E-state index contributed by atoms with van der Waals surface area (Å²) < 4.78 is 0. The van der Waals surface area contributed by atoms with E-state index in [2.05, 4.69) is 23.7 Å². The molecule has 1 N–H and O–H groups in total. The minimum Gasteiger partial charge on any atom is -0.361 e. The summed E-state index contributed by atoms with van der Waals surface area (Å²) in [5.74, 6) is 0. The fourth-order valence-electron chi connectivity index (χ4n) is 1.04. The summed E-state index contributed by atoms with van der Waals surface area (Å²) in [5, 5.41) is 2.37. The third-order valence-corrected chi connectivity index (χ3v) is 1.50. The highest BCUT2D eigenvalue weighted by atomic mass is 14.6. The van der Waals surface area contributed by atoms with Gasteiger partial charge >= 0.3 is 0 Å². The van der Waals surface area contributed by atoms with Crippen LogP contribution in [0, 0.1) is 0 Å². The zero-order valence-corrected chi connectivity index (χ0v) is 7.02. The lowest BCUT2D eigenvalue weighted by atomic mass is 10.3. The van der Waals surface area contributed by atoms with Crippen molar-refractivity contribution in [2.75, 3.05) is 0 Å². The molecule has 1 heteroatoms. The molecule has 0 saturated heterocycles. The van der Waals surface area contributed by atoms with Crippen LogP contribution in [0.25, 0.3) is 12.2 Å². The summed E-state index contributed by atoms with van der Waals surface area (Å²) in [6, 6.07) is 2.05. The third-order valence-electron chi connectivity index (χ3n) is 1.50. The van der Waals surface area contributed by atoms with E-state index in [4.69, 9.17) is 0 Å². The van der Waals surface area contributed by atoms with Gasteiger partial charge in [-0.25, -0.2) is 0 Å². The van der Waals surface area contributed by atoms with Crippen molar-refractivity contribution in [1.29, 1.82) is 0 Å². The minimum absolute atomic E-state index is 1.08. The highest BCUT2D eigenvalue weighted by molar-refractivity contribution is 5.43. The topological polar surface area (TPSA) is 15.8 Å². The van der Waals surface area contributed by atoms with Gasteiger partial charge in [0.05, 0.1) is 0 Å². The lowest BCUT2D eigenvalue weighted by Gasteiger charge is -1.81. The van der Waals surface area contributed by atoms with Crippen LogP contribution in [0.1, 0.15) is 13.8 Å². The highest BCUT2D eigenvalue weighted by Gasteiger charge is 1.82. The van der Waals surface area contributed by atoms with Crippen LogP contribution >= 0.6 is 0 Å². The van der Waals surface area contributed by atoms with Gasteiger partial charge in [-0.3, -0.25) is 0 Å². The van der Waals surface area contributed by atoms with Crippen molar-refractivity contribution in [3.05, 3.63) is 35.0 Å². The molecular formula is C10H13N. The number of nitrogens with one attached hydrogen (secondary N) is 1. The first-order valence-electron chi connectivity index (χ1n) is 3.71. The van der Waals surface area contributed by atoms with Crippen LogP contribution in [0.5, 0.6) is 0 Å². The van der Waals surface area contributed by atoms with Gasteiger partial charge in [-0.15, -0.1) is 0 Å². The first-order valence-corrected chi connectivity index (χ1v) is 3.71. The molecule has 0 atom stereocenters. The summed E-state index contributed by atoms with van der Waals surface area (Å²) in [5.41, 5.74) is 1.08. The van der Waals surface area contributed by atoms with Gasteiger partial charge in [0, 0.05) is 11.5 Å². The molecule has 0 fully saturated rings. The Kier molecular flexibility index (Phi) is 2.32. The van der Waals surface area contributed by atoms with E-state index in [1.807, 2.05) is 26.1 Å². The number of rotatable bonds is 1. The molecule has 0 aliphatic rings. The molecule has 11 heavy (non-hydrogen) atoms. The maximum Gasteiger partial charge on any atom is 0.0410 e. The Morgan fingerprint density at radius 3 is 2.91 bits per heavy atom. The molecule has 0 aliphatic carbocycles. The Morgan fingerprint density at radius 2 is 2.36 bits per heavy atom. The van der Waals surface area contributed by atoms with Gasteiger partial charge < -0.3 is 4.98 Å². The van der Waals surface area contributed by atoms with Crippen molar-refractivity contribution in [3.8, 4) is 0 Å². The van der Waals surface area contributed by atoms with E-state index < -0.39 is 0 Å². The van der Waals surface area contributed by atoms with Gasteiger partial charge in [0.15, 0.2) is 0 Å². The number of hydrogen-bond donors (Lipinski definition) is 1. The van der Waals surface area contributed by atoms with E-state index in [0.717, 1.165) is 10.9 Å². The monoisotopic (exact) mass is 147 g/mol. The quantitative estimate of drug-likeness (QED) is 0.613. The maximum atomic E-state index is 3.82. The standard InChI is InChI=1S/C10H13N/c1-4-10-9(5-6-11-10)7-8(2)3/h4-7,11H,2H2,1,3H3/b9-7-,10-4+. The largest absolute Gasteiger partial charge is 0.361 e. The lowest BCUT2D eigenvalue weighted by molar-refractivity contribution is 1.31. The fraction of sp³-hybridized carbons (Fsp3) is 0.200. The van der Waals surface area contributed by atoms with Crippen LogP contribution in [-0.4, -0.2) is 4.98 Å². The second-order valence-corrected chi connectivity index (χ2v) is 2.63. The maximum absolute atomic E-state index is 3.82. The Bertz CT molecular complexity index is 354. The van der Waals surface area contributed by atoms with E-state index in [1.165, 1.54) is 5.22 Å². The lowest BCUT2D eigenvalue weighted by Crippen LogP contribution is -2.21. The molecule has 0 unspecified atom stereocenters. The average molecular weight is 147 g/mol. The second-order valence-electron chi connectivity index (χ2n) is 2.63. The second kappa shape index (κ2) is 3.24. The first-order chi connectivity index (χ1) is 5.24. The van der Waals surface area contributed by atoms with E-state index in [-0.39, 0.29) is 0 Å². The van der Waals surface area contributed by atoms with Crippen molar-refractivity contribution in [1.82, 2.24) is 4.98 Å². The summed E-state index contributed by atoms with van der Waals surface area (Å²) in [7, 11) is 0. The van der Waals surface area contributed by atoms with Crippen molar-refractivity contribution < 1.29 is 0 Å². The molecule has 0 spiro atoms. The number of aromatic nitrogens is 1. The van der Waals surface area contributed by atoms with Crippen LogP contribution < -0.4 is 10.6 Å². The van der Waals surface area contributed by atoms with Crippen molar-refractivity contribution >= 4 is 12.2 Å². The van der Waals surface area contributed by atoms with Crippen LogP contribution in [-0.2, 0) is 0 Å². The Balaban J connectivity index is 3.35. The first kappa shape index (κ1) is 7.86. The van der Waals surface area contributed by atoms with Gasteiger partial charge in [-0.1, -0.05) is 24.3 Å². The van der Waals surface area contributed by atoms with Crippen molar-refractivity contribution in [3.63, 3.8) is 0 Å². The number of hydrogen-bond acceptors (Lipinski definition) is 0. The predicted octanol–water partition coefficient (Wildman–Crippen LogP) is 1.17. The van der Waals surface area contributed by atoms with Gasteiger partial charge in [0.25, 0.3) is 0 Å². The summed E-state index contributed by atoms with van der Waals surface area (Å²) >= 11 is 0. The molecule has 1 nitrogen and oxygen atoms in total.